The summed E-state index contributed by atoms with van der Waals surface area (Å²) in [4.78, 5) is 2.57. The lowest BCUT2D eigenvalue weighted by atomic mass is 10.0. The summed E-state index contributed by atoms with van der Waals surface area (Å²) < 4.78 is 5.32. The Morgan fingerprint density at radius 1 is 1.04 bits per heavy atom. The fraction of sp³-hybridized carbons (Fsp3) is 0.435. The first kappa shape index (κ1) is 20.6. The number of nitrogens with zero attached hydrogens (tertiary/aromatic N) is 1. The fourth-order valence-corrected chi connectivity index (χ4v) is 4.13. The zero-order valence-corrected chi connectivity index (χ0v) is 17.9. The number of aryl methyl sites for hydroxylation is 2. The number of piperidine rings is 1. The Morgan fingerprint density at radius 2 is 1.68 bits per heavy atom. The molecular formula is C23H31N3OS. The van der Waals surface area contributed by atoms with Crippen LogP contribution in [0, 0.1) is 13.8 Å². The first-order valence-corrected chi connectivity index (χ1v) is 10.5. The first-order valence-electron chi connectivity index (χ1n) is 10.1. The van der Waals surface area contributed by atoms with E-state index in [0.717, 1.165) is 31.1 Å². The third-order valence-corrected chi connectivity index (χ3v) is 5.51. The van der Waals surface area contributed by atoms with Crippen LogP contribution in [-0.2, 0) is 0 Å². The molecule has 0 saturated carbocycles. The predicted octanol–water partition coefficient (Wildman–Crippen LogP) is 4.83. The minimum absolute atomic E-state index is 0.296. The lowest BCUT2D eigenvalue weighted by molar-refractivity contribution is 0.164. The molecule has 1 atom stereocenters. The predicted molar refractivity (Wildman–Crippen MR) is 121 cm³/mol. The van der Waals surface area contributed by atoms with E-state index >= 15 is 0 Å². The molecule has 1 fully saturated rings. The molecule has 0 amide bonds. The Morgan fingerprint density at radius 3 is 2.29 bits per heavy atom. The summed E-state index contributed by atoms with van der Waals surface area (Å²) in [5, 5.41) is 7.44. The monoisotopic (exact) mass is 397 g/mol. The average Bonchev–Trinajstić information content (AvgIpc) is 2.68. The molecule has 28 heavy (non-hydrogen) atoms. The van der Waals surface area contributed by atoms with Crippen LogP contribution >= 0.6 is 12.2 Å². The zero-order valence-electron chi connectivity index (χ0n) is 17.1. The number of methoxy groups -OCH3 is 1. The van der Waals surface area contributed by atoms with Crippen molar-refractivity contribution in [2.24, 2.45) is 0 Å². The molecule has 1 saturated heterocycles. The number of thiocarbonyl (C=S) groups is 1. The van der Waals surface area contributed by atoms with Crippen LogP contribution in [0.25, 0.3) is 0 Å². The summed E-state index contributed by atoms with van der Waals surface area (Å²) in [5.74, 6) is 0.890. The normalized spacial score (nSPS) is 15.7. The number of anilines is 1. The molecule has 4 nitrogen and oxygen atoms in total. The maximum atomic E-state index is 5.57. The van der Waals surface area contributed by atoms with Gasteiger partial charge in [0.25, 0.3) is 0 Å². The Labute approximate surface area is 174 Å². The van der Waals surface area contributed by atoms with Crippen molar-refractivity contribution in [3.05, 3.63) is 59.2 Å². The van der Waals surface area contributed by atoms with Crippen molar-refractivity contribution in [1.29, 1.82) is 0 Å². The van der Waals surface area contributed by atoms with Crippen molar-refractivity contribution < 1.29 is 4.74 Å². The molecule has 5 heteroatoms. The summed E-state index contributed by atoms with van der Waals surface area (Å²) in [7, 11) is 1.70. The highest BCUT2D eigenvalue weighted by Gasteiger charge is 2.22. The van der Waals surface area contributed by atoms with Gasteiger partial charge >= 0.3 is 0 Å². The third kappa shape index (κ3) is 5.69. The summed E-state index contributed by atoms with van der Waals surface area (Å²) >= 11 is 5.57. The van der Waals surface area contributed by atoms with E-state index in [1.165, 1.54) is 36.0 Å². The second kappa shape index (κ2) is 9.89. The molecule has 0 radical (unpaired) electrons. The molecule has 2 aromatic rings. The van der Waals surface area contributed by atoms with Crippen LogP contribution in [0.3, 0.4) is 0 Å². The molecule has 1 heterocycles. The van der Waals surface area contributed by atoms with Gasteiger partial charge in [0.1, 0.15) is 5.75 Å². The largest absolute Gasteiger partial charge is 0.497 e. The second-order valence-electron chi connectivity index (χ2n) is 7.60. The van der Waals surface area contributed by atoms with Crippen molar-refractivity contribution in [2.75, 3.05) is 32.1 Å². The standard InChI is InChI=1S/C23H31N3OS/c1-17-13-18(2)15-20(14-17)25-23(28)24-16-22(26-11-5-4-6-12-26)19-7-9-21(27-3)10-8-19/h7-10,13-15,22H,4-6,11-12,16H2,1-3H3,(H2,24,25,28)/t22-/m0/s1. The van der Waals surface area contributed by atoms with Crippen molar-refractivity contribution in [2.45, 2.75) is 39.2 Å². The number of benzene rings is 2. The molecule has 0 aliphatic carbocycles. The van der Waals surface area contributed by atoms with Gasteiger partial charge in [0.05, 0.1) is 13.2 Å². The van der Waals surface area contributed by atoms with E-state index in [-0.39, 0.29) is 0 Å². The topological polar surface area (TPSA) is 36.5 Å². The summed E-state index contributed by atoms with van der Waals surface area (Å²) in [6.45, 7) is 7.25. The minimum atomic E-state index is 0.296. The van der Waals surface area contributed by atoms with Gasteiger partial charge in [0, 0.05) is 12.2 Å². The van der Waals surface area contributed by atoms with Gasteiger partial charge < -0.3 is 15.4 Å². The van der Waals surface area contributed by atoms with Crippen LogP contribution in [0.4, 0.5) is 5.69 Å². The maximum Gasteiger partial charge on any atom is 0.170 e. The number of hydrogen-bond donors (Lipinski definition) is 2. The van der Waals surface area contributed by atoms with E-state index < -0.39 is 0 Å². The number of rotatable bonds is 6. The molecule has 0 aromatic heterocycles. The highest BCUT2D eigenvalue weighted by atomic mass is 32.1. The van der Waals surface area contributed by atoms with E-state index in [4.69, 9.17) is 17.0 Å². The van der Waals surface area contributed by atoms with Crippen LogP contribution in [0.2, 0.25) is 0 Å². The Bertz CT molecular complexity index is 765. The van der Waals surface area contributed by atoms with Gasteiger partial charge in [0.15, 0.2) is 5.11 Å². The average molecular weight is 398 g/mol. The summed E-state index contributed by atoms with van der Waals surface area (Å²) in [5.41, 5.74) is 4.79. The molecule has 0 unspecified atom stereocenters. The van der Waals surface area contributed by atoms with Gasteiger partial charge in [-0.05, 0) is 93.0 Å². The van der Waals surface area contributed by atoms with Gasteiger partial charge in [0.2, 0.25) is 0 Å². The van der Waals surface area contributed by atoms with Gasteiger partial charge in [-0.1, -0.05) is 24.6 Å². The SMILES string of the molecule is COc1ccc([C@H](CNC(=S)Nc2cc(C)cc(C)c2)N2CCCCC2)cc1. The van der Waals surface area contributed by atoms with E-state index in [1.807, 2.05) is 12.1 Å². The minimum Gasteiger partial charge on any atom is -0.497 e. The van der Waals surface area contributed by atoms with Gasteiger partial charge in [-0.3, -0.25) is 4.90 Å². The van der Waals surface area contributed by atoms with Crippen LogP contribution in [0.15, 0.2) is 42.5 Å². The lowest BCUT2D eigenvalue weighted by Crippen LogP contribution is -2.41. The van der Waals surface area contributed by atoms with Crippen LogP contribution in [0.1, 0.15) is 42.0 Å². The first-order chi connectivity index (χ1) is 13.5. The molecule has 2 N–H and O–H groups in total. The number of ether oxygens (including phenoxy) is 1. The van der Waals surface area contributed by atoms with E-state index in [0.29, 0.717) is 11.2 Å². The molecular weight excluding hydrogens is 366 g/mol. The molecule has 0 spiro atoms. The fourth-order valence-electron chi connectivity index (χ4n) is 3.93. The molecule has 1 aliphatic rings. The molecule has 150 valence electrons. The molecule has 1 aliphatic heterocycles. The lowest BCUT2D eigenvalue weighted by Gasteiger charge is -2.35. The number of nitrogens with one attached hydrogen (secondary N) is 2. The van der Waals surface area contributed by atoms with E-state index in [9.17, 15) is 0 Å². The molecule has 3 rings (SSSR count). The zero-order chi connectivity index (χ0) is 19.9. The third-order valence-electron chi connectivity index (χ3n) is 5.27. The van der Waals surface area contributed by atoms with E-state index in [2.05, 4.69) is 59.7 Å². The van der Waals surface area contributed by atoms with Crippen molar-refractivity contribution in [1.82, 2.24) is 10.2 Å². The summed E-state index contributed by atoms with van der Waals surface area (Å²) in [6, 6.07) is 15.1. The second-order valence-corrected chi connectivity index (χ2v) is 8.01. The summed E-state index contributed by atoms with van der Waals surface area (Å²) in [6.07, 6.45) is 3.85. The van der Waals surface area contributed by atoms with Gasteiger partial charge in [-0.2, -0.15) is 0 Å². The Balaban J connectivity index is 1.67. The van der Waals surface area contributed by atoms with Crippen LogP contribution < -0.4 is 15.4 Å². The van der Waals surface area contributed by atoms with Gasteiger partial charge in [-0.15, -0.1) is 0 Å². The van der Waals surface area contributed by atoms with Crippen molar-refractivity contribution in [3.8, 4) is 5.75 Å². The van der Waals surface area contributed by atoms with Gasteiger partial charge in [-0.25, -0.2) is 0 Å². The highest BCUT2D eigenvalue weighted by molar-refractivity contribution is 7.80. The quantitative estimate of drug-likeness (QED) is 0.683. The van der Waals surface area contributed by atoms with Crippen molar-refractivity contribution >= 4 is 23.0 Å². The molecule has 0 bridgehead atoms. The van der Waals surface area contributed by atoms with Crippen LogP contribution in [-0.4, -0.2) is 36.8 Å². The smallest absolute Gasteiger partial charge is 0.170 e. The number of hydrogen-bond acceptors (Lipinski definition) is 3. The number of likely N-dealkylation sites (tertiary alicyclic amines) is 1. The Kier molecular flexibility index (Phi) is 7.29. The van der Waals surface area contributed by atoms with Crippen molar-refractivity contribution in [3.63, 3.8) is 0 Å². The highest BCUT2D eigenvalue weighted by Crippen LogP contribution is 2.26. The Hall–Kier alpha value is -2.11. The van der Waals surface area contributed by atoms with Crippen LogP contribution in [0.5, 0.6) is 5.75 Å². The molecule has 2 aromatic carbocycles. The van der Waals surface area contributed by atoms with E-state index in [1.54, 1.807) is 7.11 Å². The maximum absolute atomic E-state index is 5.57.